The molecule has 1 aromatic heterocycles. The van der Waals surface area contributed by atoms with Crippen LogP contribution < -0.4 is 4.74 Å². The van der Waals surface area contributed by atoms with Gasteiger partial charge in [0.1, 0.15) is 5.82 Å². The van der Waals surface area contributed by atoms with Crippen molar-refractivity contribution in [3.63, 3.8) is 0 Å². The standard InChI is InChI=1S/C20H16FN3O4/c1-12-5-8-14(9-6-12)23-16-4-2-3-15(16)19(22-23)20(25)28-18-11-13(21)7-10-17(18)24(26)27/h5-11H,2-4H2,1H3. The van der Waals surface area contributed by atoms with Crippen molar-refractivity contribution < 1.29 is 18.8 Å². The molecule has 1 aliphatic rings. The van der Waals surface area contributed by atoms with E-state index in [1.165, 1.54) is 0 Å². The van der Waals surface area contributed by atoms with E-state index in [2.05, 4.69) is 5.10 Å². The predicted octanol–water partition coefficient (Wildman–Crippen LogP) is 3.94. The highest BCUT2D eigenvalue weighted by Crippen LogP contribution is 2.31. The van der Waals surface area contributed by atoms with E-state index in [1.807, 2.05) is 31.2 Å². The Kier molecular flexibility index (Phi) is 4.38. The molecule has 0 saturated carbocycles. The quantitative estimate of drug-likeness (QED) is 0.296. The molecule has 1 heterocycles. The first-order valence-corrected chi connectivity index (χ1v) is 8.78. The fourth-order valence-electron chi connectivity index (χ4n) is 3.37. The number of nitro benzene ring substituents is 1. The first-order chi connectivity index (χ1) is 13.4. The zero-order valence-electron chi connectivity index (χ0n) is 15.0. The third-order valence-electron chi connectivity index (χ3n) is 4.72. The number of nitro groups is 1. The molecule has 0 fully saturated rings. The summed E-state index contributed by atoms with van der Waals surface area (Å²) in [5.74, 6) is -2.01. The molecular formula is C20H16FN3O4. The van der Waals surface area contributed by atoms with Crippen LogP contribution in [0.5, 0.6) is 5.75 Å². The average molecular weight is 381 g/mol. The van der Waals surface area contributed by atoms with E-state index in [1.54, 1.807) is 4.68 Å². The van der Waals surface area contributed by atoms with Crippen LogP contribution >= 0.6 is 0 Å². The van der Waals surface area contributed by atoms with Gasteiger partial charge in [0.15, 0.2) is 5.69 Å². The van der Waals surface area contributed by atoms with Gasteiger partial charge in [0.2, 0.25) is 5.75 Å². The van der Waals surface area contributed by atoms with Gasteiger partial charge in [0.25, 0.3) is 0 Å². The van der Waals surface area contributed by atoms with E-state index in [0.717, 1.165) is 53.5 Å². The van der Waals surface area contributed by atoms with Crippen molar-refractivity contribution >= 4 is 11.7 Å². The summed E-state index contributed by atoms with van der Waals surface area (Å²) >= 11 is 0. The maximum atomic E-state index is 13.5. The van der Waals surface area contributed by atoms with Gasteiger partial charge >= 0.3 is 11.7 Å². The zero-order valence-corrected chi connectivity index (χ0v) is 15.0. The molecular weight excluding hydrogens is 365 g/mol. The van der Waals surface area contributed by atoms with Crippen LogP contribution in [0.2, 0.25) is 0 Å². The second-order valence-corrected chi connectivity index (χ2v) is 6.63. The molecule has 0 N–H and O–H groups in total. The van der Waals surface area contributed by atoms with Gasteiger partial charge < -0.3 is 4.74 Å². The smallest absolute Gasteiger partial charge is 0.364 e. The van der Waals surface area contributed by atoms with Crippen molar-refractivity contribution in [1.82, 2.24) is 9.78 Å². The number of fused-ring (bicyclic) bond motifs is 1. The Morgan fingerprint density at radius 1 is 1.21 bits per heavy atom. The molecule has 1 aliphatic carbocycles. The molecule has 4 rings (SSSR count). The van der Waals surface area contributed by atoms with Crippen molar-refractivity contribution in [2.45, 2.75) is 26.2 Å². The van der Waals surface area contributed by atoms with E-state index >= 15 is 0 Å². The van der Waals surface area contributed by atoms with Gasteiger partial charge in [0, 0.05) is 23.4 Å². The van der Waals surface area contributed by atoms with Gasteiger partial charge in [-0.15, -0.1) is 0 Å². The maximum Gasteiger partial charge on any atom is 0.364 e. The fourth-order valence-corrected chi connectivity index (χ4v) is 3.37. The minimum absolute atomic E-state index is 0.103. The lowest BCUT2D eigenvalue weighted by molar-refractivity contribution is -0.385. The van der Waals surface area contributed by atoms with Gasteiger partial charge in [-0.05, 0) is 44.4 Å². The van der Waals surface area contributed by atoms with Crippen LogP contribution in [-0.4, -0.2) is 20.7 Å². The highest BCUT2D eigenvalue weighted by Gasteiger charge is 2.29. The number of carbonyl (C=O) groups excluding carboxylic acids is 1. The van der Waals surface area contributed by atoms with Crippen molar-refractivity contribution in [2.24, 2.45) is 0 Å². The minimum atomic E-state index is -0.835. The molecule has 0 saturated heterocycles. The number of esters is 1. The summed E-state index contributed by atoms with van der Waals surface area (Å²) < 4.78 is 20.4. The Balaban J connectivity index is 1.72. The number of carbonyl (C=O) groups is 1. The Bertz CT molecular complexity index is 1090. The number of benzene rings is 2. The molecule has 3 aromatic rings. The number of aromatic nitrogens is 2. The van der Waals surface area contributed by atoms with Crippen LogP contribution in [0.3, 0.4) is 0 Å². The van der Waals surface area contributed by atoms with Crippen LogP contribution in [0.15, 0.2) is 42.5 Å². The highest BCUT2D eigenvalue weighted by atomic mass is 19.1. The first kappa shape index (κ1) is 17.8. The van der Waals surface area contributed by atoms with Crippen LogP contribution in [0.25, 0.3) is 5.69 Å². The molecule has 0 bridgehead atoms. The SMILES string of the molecule is Cc1ccc(-n2nc(C(=O)Oc3cc(F)ccc3[N+](=O)[O-])c3c2CCC3)cc1. The Hall–Kier alpha value is -3.55. The number of hydrogen-bond acceptors (Lipinski definition) is 5. The molecule has 0 unspecified atom stereocenters. The zero-order chi connectivity index (χ0) is 19.8. The summed E-state index contributed by atoms with van der Waals surface area (Å²) in [5.41, 5.74) is 3.23. The van der Waals surface area contributed by atoms with Crippen molar-refractivity contribution in [3.8, 4) is 11.4 Å². The molecule has 28 heavy (non-hydrogen) atoms. The fraction of sp³-hybridized carbons (Fsp3) is 0.200. The number of nitrogens with zero attached hydrogens (tertiary/aromatic N) is 3. The van der Waals surface area contributed by atoms with Gasteiger partial charge in [-0.2, -0.15) is 5.10 Å². The van der Waals surface area contributed by atoms with Gasteiger partial charge in [-0.3, -0.25) is 10.1 Å². The Morgan fingerprint density at radius 3 is 2.68 bits per heavy atom. The predicted molar refractivity (Wildman–Crippen MR) is 98.3 cm³/mol. The van der Waals surface area contributed by atoms with Crippen LogP contribution in [-0.2, 0) is 12.8 Å². The van der Waals surface area contributed by atoms with Crippen LogP contribution in [0, 0.1) is 22.9 Å². The number of halogens is 1. The molecule has 0 atom stereocenters. The second-order valence-electron chi connectivity index (χ2n) is 6.63. The normalized spacial score (nSPS) is 12.6. The molecule has 0 aliphatic heterocycles. The summed E-state index contributed by atoms with van der Waals surface area (Å²) in [6.45, 7) is 1.98. The van der Waals surface area contributed by atoms with Crippen LogP contribution in [0.1, 0.15) is 33.7 Å². The summed E-state index contributed by atoms with van der Waals surface area (Å²) in [4.78, 5) is 23.1. The Labute approximate surface area is 159 Å². The molecule has 0 radical (unpaired) electrons. The van der Waals surface area contributed by atoms with E-state index in [-0.39, 0.29) is 5.69 Å². The third-order valence-corrected chi connectivity index (χ3v) is 4.72. The lowest BCUT2D eigenvalue weighted by atomic mass is 10.2. The molecule has 0 spiro atoms. The van der Waals surface area contributed by atoms with Gasteiger partial charge in [-0.25, -0.2) is 13.9 Å². The number of rotatable bonds is 4. The molecule has 0 amide bonds. The molecule has 2 aromatic carbocycles. The Morgan fingerprint density at radius 2 is 1.96 bits per heavy atom. The molecule has 8 heteroatoms. The summed E-state index contributed by atoms with van der Waals surface area (Å²) in [6.07, 6.45) is 2.31. The average Bonchev–Trinajstić information content (AvgIpc) is 3.25. The number of ether oxygens (including phenoxy) is 1. The number of hydrogen-bond donors (Lipinski definition) is 0. The second kappa shape index (κ2) is 6.88. The maximum absolute atomic E-state index is 13.5. The van der Waals surface area contributed by atoms with Gasteiger partial charge in [0.05, 0.1) is 10.6 Å². The highest BCUT2D eigenvalue weighted by molar-refractivity contribution is 5.91. The number of aryl methyl sites for hydroxylation is 1. The lowest BCUT2D eigenvalue weighted by Gasteiger charge is -2.06. The third kappa shape index (κ3) is 3.13. The minimum Gasteiger partial charge on any atom is -0.414 e. The molecule has 7 nitrogen and oxygen atoms in total. The van der Waals surface area contributed by atoms with Crippen molar-refractivity contribution in [3.05, 3.63) is 80.9 Å². The largest absolute Gasteiger partial charge is 0.414 e. The summed E-state index contributed by atoms with van der Waals surface area (Å²) in [6, 6.07) is 10.5. The first-order valence-electron chi connectivity index (χ1n) is 8.78. The van der Waals surface area contributed by atoms with E-state index in [4.69, 9.17) is 4.74 Å². The van der Waals surface area contributed by atoms with Crippen LogP contribution in [0.4, 0.5) is 10.1 Å². The van der Waals surface area contributed by atoms with Crippen molar-refractivity contribution in [1.29, 1.82) is 0 Å². The summed E-state index contributed by atoms with van der Waals surface area (Å²) in [7, 11) is 0. The van der Waals surface area contributed by atoms with E-state index in [0.29, 0.717) is 6.42 Å². The molecule has 142 valence electrons. The van der Waals surface area contributed by atoms with E-state index in [9.17, 15) is 19.3 Å². The summed E-state index contributed by atoms with van der Waals surface area (Å²) in [5, 5.41) is 15.5. The van der Waals surface area contributed by atoms with Gasteiger partial charge in [-0.1, -0.05) is 17.7 Å². The topological polar surface area (TPSA) is 87.3 Å². The lowest BCUT2D eigenvalue weighted by Crippen LogP contribution is -2.13. The van der Waals surface area contributed by atoms with Crippen molar-refractivity contribution in [2.75, 3.05) is 0 Å². The van der Waals surface area contributed by atoms with E-state index < -0.39 is 28.1 Å². The monoisotopic (exact) mass is 381 g/mol.